The van der Waals surface area contributed by atoms with Gasteiger partial charge in [-0.05, 0) is 29.0 Å². The quantitative estimate of drug-likeness (QED) is 0.556. The summed E-state index contributed by atoms with van der Waals surface area (Å²) in [6.07, 6.45) is 4.02. The highest BCUT2D eigenvalue weighted by Crippen LogP contribution is 2.13. The Morgan fingerprint density at radius 3 is 2.71 bits per heavy atom. The van der Waals surface area contributed by atoms with Gasteiger partial charge in [-0.3, -0.25) is 0 Å². The number of rotatable bonds is 5. The average molecular weight is 282 g/mol. The summed E-state index contributed by atoms with van der Waals surface area (Å²) in [4.78, 5) is 10.4. The maximum Gasteiger partial charge on any atom is 0.328 e. The van der Waals surface area contributed by atoms with Crippen molar-refractivity contribution in [3.05, 3.63) is 47.9 Å². The fourth-order valence-electron chi connectivity index (χ4n) is 1.44. The van der Waals surface area contributed by atoms with Crippen LogP contribution in [0.15, 0.2) is 36.5 Å². The van der Waals surface area contributed by atoms with Crippen molar-refractivity contribution in [2.24, 2.45) is 0 Å². The number of H-pyrrole nitrogens is 1. The minimum absolute atomic E-state index is 0.200. The molecule has 0 aliphatic heterocycles. The first-order chi connectivity index (χ1) is 10.2. The minimum atomic E-state index is -1.00. The zero-order valence-electron chi connectivity index (χ0n) is 10.7. The van der Waals surface area contributed by atoms with E-state index in [-0.39, 0.29) is 11.4 Å². The fraction of sp³-hybridized carbons (Fsp3) is 0. The summed E-state index contributed by atoms with van der Waals surface area (Å²) >= 11 is 0. The Kier molecular flexibility index (Phi) is 4.40. The third-order valence-corrected chi connectivity index (χ3v) is 2.42. The molecular formula is C13H10N6O2. The van der Waals surface area contributed by atoms with Crippen molar-refractivity contribution in [3.8, 4) is 6.07 Å². The Balaban J connectivity index is 2.07. The molecule has 1 aromatic carbocycles. The smallest absolute Gasteiger partial charge is 0.328 e. The first-order valence-corrected chi connectivity index (χ1v) is 5.81. The number of hydrogen-bond acceptors (Lipinski definition) is 6. The number of nitrogens with one attached hydrogen (secondary N) is 2. The summed E-state index contributed by atoms with van der Waals surface area (Å²) in [7, 11) is 0. The van der Waals surface area contributed by atoms with Crippen molar-refractivity contribution in [1.82, 2.24) is 20.6 Å². The molecular weight excluding hydrogens is 272 g/mol. The van der Waals surface area contributed by atoms with Crippen molar-refractivity contribution >= 4 is 23.3 Å². The number of hydrogen-bond donors (Lipinski definition) is 3. The standard InChI is InChI=1S/C13H10N6O2/c14-7-10(13-16-18-19-17-13)8-15-11-4-1-9(2-5-11)3-6-12(20)21/h1-6,8,15H,(H,20,21)(H,16,17,18,19). The summed E-state index contributed by atoms with van der Waals surface area (Å²) in [5, 5.41) is 33.5. The Morgan fingerprint density at radius 2 is 2.14 bits per heavy atom. The van der Waals surface area contributed by atoms with E-state index >= 15 is 0 Å². The Hall–Kier alpha value is -3.47. The summed E-state index contributed by atoms with van der Waals surface area (Å²) < 4.78 is 0. The van der Waals surface area contributed by atoms with Crippen LogP contribution < -0.4 is 5.32 Å². The number of aliphatic carboxylic acids is 1. The van der Waals surface area contributed by atoms with Gasteiger partial charge >= 0.3 is 5.97 Å². The zero-order chi connectivity index (χ0) is 15.1. The van der Waals surface area contributed by atoms with Crippen molar-refractivity contribution in [2.45, 2.75) is 0 Å². The molecule has 1 heterocycles. The molecule has 8 heteroatoms. The largest absolute Gasteiger partial charge is 0.478 e. The molecule has 0 fully saturated rings. The van der Waals surface area contributed by atoms with Gasteiger partial charge in [-0.15, -0.1) is 10.2 Å². The van der Waals surface area contributed by atoms with Crippen molar-refractivity contribution in [1.29, 1.82) is 5.26 Å². The van der Waals surface area contributed by atoms with Gasteiger partial charge in [0.25, 0.3) is 0 Å². The summed E-state index contributed by atoms with van der Waals surface area (Å²) in [6.45, 7) is 0. The third-order valence-electron chi connectivity index (χ3n) is 2.42. The van der Waals surface area contributed by atoms with Gasteiger partial charge in [-0.1, -0.05) is 12.1 Å². The van der Waals surface area contributed by atoms with Crippen LogP contribution in [0.1, 0.15) is 11.4 Å². The van der Waals surface area contributed by atoms with E-state index in [1.807, 2.05) is 6.07 Å². The lowest BCUT2D eigenvalue weighted by Crippen LogP contribution is -1.93. The number of carboxylic acids is 1. The first-order valence-electron chi connectivity index (χ1n) is 5.81. The van der Waals surface area contributed by atoms with E-state index in [9.17, 15) is 4.79 Å². The second-order valence-electron chi connectivity index (χ2n) is 3.84. The highest BCUT2D eigenvalue weighted by molar-refractivity contribution is 5.85. The minimum Gasteiger partial charge on any atom is -0.478 e. The van der Waals surface area contributed by atoms with Gasteiger partial charge in [-0.2, -0.15) is 10.5 Å². The van der Waals surface area contributed by atoms with Crippen LogP contribution in [0.25, 0.3) is 11.6 Å². The maximum atomic E-state index is 10.4. The summed E-state index contributed by atoms with van der Waals surface area (Å²) in [5.74, 6) is -0.801. The molecule has 0 atom stereocenters. The molecule has 0 saturated heterocycles. The van der Waals surface area contributed by atoms with E-state index in [0.29, 0.717) is 0 Å². The first kappa shape index (κ1) is 14.0. The van der Waals surface area contributed by atoms with Crippen LogP contribution >= 0.6 is 0 Å². The molecule has 1 aromatic heterocycles. The molecule has 3 N–H and O–H groups in total. The molecule has 0 saturated carbocycles. The van der Waals surface area contributed by atoms with Crippen LogP contribution in [0, 0.1) is 11.3 Å². The number of aromatic amines is 1. The lowest BCUT2D eigenvalue weighted by atomic mass is 10.2. The molecule has 0 spiro atoms. The second-order valence-corrected chi connectivity index (χ2v) is 3.84. The molecule has 8 nitrogen and oxygen atoms in total. The van der Waals surface area contributed by atoms with Gasteiger partial charge in [-0.25, -0.2) is 4.79 Å². The fourth-order valence-corrected chi connectivity index (χ4v) is 1.44. The number of aromatic nitrogens is 4. The number of carbonyl (C=O) groups is 1. The van der Waals surface area contributed by atoms with Crippen LogP contribution in [-0.2, 0) is 4.79 Å². The van der Waals surface area contributed by atoms with Crippen LogP contribution in [0.3, 0.4) is 0 Å². The number of allylic oxidation sites excluding steroid dienone is 1. The molecule has 21 heavy (non-hydrogen) atoms. The van der Waals surface area contributed by atoms with E-state index in [1.54, 1.807) is 24.3 Å². The van der Waals surface area contributed by atoms with E-state index in [2.05, 4.69) is 25.9 Å². The number of nitriles is 1. The molecule has 0 bridgehead atoms. The molecule has 0 radical (unpaired) electrons. The van der Waals surface area contributed by atoms with Gasteiger partial charge in [0.05, 0.1) is 0 Å². The van der Waals surface area contributed by atoms with Gasteiger partial charge in [0.1, 0.15) is 11.6 Å². The monoisotopic (exact) mass is 282 g/mol. The Morgan fingerprint density at radius 1 is 1.38 bits per heavy atom. The number of tetrazole rings is 1. The highest BCUT2D eigenvalue weighted by Gasteiger charge is 2.04. The van der Waals surface area contributed by atoms with E-state index < -0.39 is 5.97 Å². The maximum absolute atomic E-state index is 10.4. The van der Waals surface area contributed by atoms with Crippen LogP contribution in [0.5, 0.6) is 0 Å². The predicted molar refractivity (Wildman–Crippen MR) is 74.5 cm³/mol. The van der Waals surface area contributed by atoms with Gasteiger partial charge in [0.15, 0.2) is 0 Å². The number of nitrogens with zero attached hydrogens (tertiary/aromatic N) is 4. The van der Waals surface area contributed by atoms with Gasteiger partial charge in [0, 0.05) is 18.0 Å². The van der Waals surface area contributed by atoms with E-state index in [4.69, 9.17) is 10.4 Å². The third kappa shape index (κ3) is 4.00. The number of benzene rings is 1. The topological polar surface area (TPSA) is 128 Å². The lowest BCUT2D eigenvalue weighted by Gasteiger charge is -2.01. The molecule has 104 valence electrons. The van der Waals surface area contributed by atoms with Crippen LogP contribution in [0.2, 0.25) is 0 Å². The Bertz CT molecular complexity index is 710. The van der Waals surface area contributed by atoms with Crippen LogP contribution in [0.4, 0.5) is 5.69 Å². The molecule has 0 amide bonds. The average Bonchev–Trinajstić information content (AvgIpc) is 3.01. The van der Waals surface area contributed by atoms with Crippen LogP contribution in [-0.4, -0.2) is 31.7 Å². The van der Waals surface area contributed by atoms with E-state index in [1.165, 1.54) is 12.3 Å². The van der Waals surface area contributed by atoms with E-state index in [0.717, 1.165) is 17.3 Å². The second kappa shape index (κ2) is 6.63. The summed E-state index contributed by atoms with van der Waals surface area (Å²) in [6, 6.07) is 8.95. The molecule has 0 aliphatic rings. The van der Waals surface area contributed by atoms with Crippen molar-refractivity contribution in [2.75, 3.05) is 5.32 Å². The van der Waals surface area contributed by atoms with Crippen molar-refractivity contribution < 1.29 is 9.90 Å². The predicted octanol–water partition coefficient (Wildman–Crippen LogP) is 1.27. The molecule has 0 aliphatic carbocycles. The SMILES string of the molecule is N#CC(=CNc1ccc(C=CC(=O)O)cc1)c1nn[nH]n1. The number of anilines is 1. The zero-order valence-corrected chi connectivity index (χ0v) is 10.7. The van der Waals surface area contributed by atoms with Gasteiger partial charge in [0.2, 0.25) is 5.82 Å². The molecule has 2 aromatic rings. The summed E-state index contributed by atoms with van der Waals surface area (Å²) in [5.41, 5.74) is 1.72. The number of carboxylic acid groups (broad SMARTS) is 1. The molecule has 0 unspecified atom stereocenters. The Labute approximate surface area is 119 Å². The molecule has 2 rings (SSSR count). The lowest BCUT2D eigenvalue weighted by molar-refractivity contribution is -0.131. The highest BCUT2D eigenvalue weighted by atomic mass is 16.4. The van der Waals surface area contributed by atoms with Crippen molar-refractivity contribution in [3.63, 3.8) is 0 Å². The normalized spacial score (nSPS) is 11.3. The van der Waals surface area contributed by atoms with Gasteiger partial charge < -0.3 is 10.4 Å².